The maximum absolute atomic E-state index is 11.4. The van der Waals surface area contributed by atoms with Gasteiger partial charge in [0.15, 0.2) is 0 Å². The van der Waals surface area contributed by atoms with Crippen molar-refractivity contribution >= 4 is 28.1 Å². The Morgan fingerprint density at radius 3 is 2.29 bits per heavy atom. The standard InChI is InChI=1S/C21H22N2O/c1-3-21(24)23-20-12-10-19(11-13-20)22-15(2)17-9-8-16-6-4-5-7-18(16)14-17/h4-15,22H,3H2,1-2H3,(H,23,24). The molecule has 2 N–H and O–H groups in total. The van der Waals surface area contributed by atoms with Gasteiger partial charge in [0.2, 0.25) is 5.91 Å². The summed E-state index contributed by atoms with van der Waals surface area (Å²) in [5.74, 6) is 0.0280. The first-order valence-corrected chi connectivity index (χ1v) is 8.31. The molecule has 3 rings (SSSR count). The fourth-order valence-corrected chi connectivity index (χ4v) is 2.71. The van der Waals surface area contributed by atoms with Crippen LogP contribution in [0.1, 0.15) is 31.9 Å². The minimum absolute atomic E-state index is 0.0280. The number of hydrogen-bond donors (Lipinski definition) is 2. The van der Waals surface area contributed by atoms with Crippen molar-refractivity contribution in [3.63, 3.8) is 0 Å². The number of carbonyl (C=O) groups excluding carboxylic acids is 1. The first kappa shape index (κ1) is 16.1. The molecule has 24 heavy (non-hydrogen) atoms. The number of nitrogens with one attached hydrogen (secondary N) is 2. The molecule has 0 bridgehead atoms. The summed E-state index contributed by atoms with van der Waals surface area (Å²) in [7, 11) is 0. The van der Waals surface area contributed by atoms with Crippen LogP contribution < -0.4 is 10.6 Å². The van der Waals surface area contributed by atoms with Crippen molar-refractivity contribution in [2.75, 3.05) is 10.6 Å². The van der Waals surface area contributed by atoms with Gasteiger partial charge in [0.1, 0.15) is 0 Å². The van der Waals surface area contributed by atoms with E-state index >= 15 is 0 Å². The second kappa shape index (κ2) is 7.18. The van der Waals surface area contributed by atoms with Crippen LogP contribution in [0.15, 0.2) is 66.7 Å². The topological polar surface area (TPSA) is 41.1 Å². The monoisotopic (exact) mass is 318 g/mol. The third-order valence-corrected chi connectivity index (χ3v) is 4.15. The van der Waals surface area contributed by atoms with Gasteiger partial charge in [-0.2, -0.15) is 0 Å². The van der Waals surface area contributed by atoms with Crippen molar-refractivity contribution in [2.24, 2.45) is 0 Å². The Hall–Kier alpha value is -2.81. The van der Waals surface area contributed by atoms with Crippen LogP contribution in [0, 0.1) is 0 Å². The van der Waals surface area contributed by atoms with Crippen LogP contribution in [0.25, 0.3) is 10.8 Å². The zero-order valence-electron chi connectivity index (χ0n) is 14.0. The highest BCUT2D eigenvalue weighted by Crippen LogP contribution is 2.24. The number of amides is 1. The van der Waals surface area contributed by atoms with Gasteiger partial charge in [0.05, 0.1) is 0 Å². The second-order valence-electron chi connectivity index (χ2n) is 5.95. The summed E-state index contributed by atoms with van der Waals surface area (Å²) in [6.07, 6.45) is 0.485. The zero-order valence-corrected chi connectivity index (χ0v) is 14.0. The maximum Gasteiger partial charge on any atom is 0.224 e. The minimum Gasteiger partial charge on any atom is -0.379 e. The molecule has 3 nitrogen and oxygen atoms in total. The molecule has 0 aromatic heterocycles. The Kier molecular flexibility index (Phi) is 4.80. The molecule has 122 valence electrons. The molecule has 0 heterocycles. The van der Waals surface area contributed by atoms with Gasteiger partial charge in [-0.3, -0.25) is 4.79 Å². The third-order valence-electron chi connectivity index (χ3n) is 4.15. The van der Waals surface area contributed by atoms with Crippen LogP contribution in [0.5, 0.6) is 0 Å². The summed E-state index contributed by atoms with van der Waals surface area (Å²) in [6, 6.07) is 22.9. The van der Waals surface area contributed by atoms with E-state index in [9.17, 15) is 4.79 Å². The highest BCUT2D eigenvalue weighted by molar-refractivity contribution is 5.90. The predicted octanol–water partition coefficient (Wildman–Crippen LogP) is 5.36. The molecule has 1 unspecified atom stereocenters. The van der Waals surface area contributed by atoms with E-state index in [1.54, 1.807) is 0 Å². The largest absolute Gasteiger partial charge is 0.379 e. The Labute approximate surface area is 142 Å². The number of rotatable bonds is 5. The van der Waals surface area contributed by atoms with Crippen molar-refractivity contribution in [1.82, 2.24) is 0 Å². The van der Waals surface area contributed by atoms with Gasteiger partial charge in [-0.1, -0.05) is 43.3 Å². The maximum atomic E-state index is 11.4. The number of carbonyl (C=O) groups is 1. The highest BCUT2D eigenvalue weighted by atomic mass is 16.1. The van der Waals surface area contributed by atoms with Crippen LogP contribution in [-0.2, 0) is 4.79 Å². The molecule has 0 aliphatic rings. The number of benzene rings is 3. The van der Waals surface area contributed by atoms with E-state index in [-0.39, 0.29) is 11.9 Å². The highest BCUT2D eigenvalue weighted by Gasteiger charge is 2.06. The van der Waals surface area contributed by atoms with Crippen molar-refractivity contribution in [3.8, 4) is 0 Å². The molecule has 0 spiro atoms. The molecule has 3 aromatic rings. The molecular formula is C21H22N2O. The molecule has 3 aromatic carbocycles. The normalized spacial score (nSPS) is 11.9. The molecule has 1 atom stereocenters. The molecule has 0 saturated carbocycles. The molecule has 0 saturated heterocycles. The Balaban J connectivity index is 1.71. The van der Waals surface area contributed by atoms with Crippen LogP contribution in [0.3, 0.4) is 0 Å². The zero-order chi connectivity index (χ0) is 16.9. The minimum atomic E-state index is 0.0280. The fourth-order valence-electron chi connectivity index (χ4n) is 2.71. The smallest absolute Gasteiger partial charge is 0.224 e. The first-order valence-electron chi connectivity index (χ1n) is 8.31. The third kappa shape index (κ3) is 3.74. The lowest BCUT2D eigenvalue weighted by atomic mass is 10.0. The van der Waals surface area contributed by atoms with Gasteiger partial charge < -0.3 is 10.6 Å². The Bertz CT molecular complexity index is 840. The fraction of sp³-hybridized carbons (Fsp3) is 0.190. The van der Waals surface area contributed by atoms with Crippen LogP contribution in [0.2, 0.25) is 0 Å². The summed E-state index contributed by atoms with van der Waals surface area (Å²) < 4.78 is 0. The van der Waals surface area contributed by atoms with E-state index in [2.05, 4.69) is 60.0 Å². The van der Waals surface area contributed by atoms with Gasteiger partial charge in [-0.05, 0) is 53.6 Å². The number of fused-ring (bicyclic) bond motifs is 1. The molecule has 0 aliphatic carbocycles. The van der Waals surface area contributed by atoms with Gasteiger partial charge in [-0.15, -0.1) is 0 Å². The summed E-state index contributed by atoms with van der Waals surface area (Å²) in [5.41, 5.74) is 3.10. The van der Waals surface area contributed by atoms with Crippen molar-refractivity contribution in [2.45, 2.75) is 26.3 Å². The van der Waals surface area contributed by atoms with Gasteiger partial charge in [0, 0.05) is 23.8 Å². The number of hydrogen-bond acceptors (Lipinski definition) is 2. The molecule has 0 fully saturated rings. The lowest BCUT2D eigenvalue weighted by molar-refractivity contribution is -0.115. The summed E-state index contributed by atoms with van der Waals surface area (Å²) >= 11 is 0. The van der Waals surface area contributed by atoms with Crippen LogP contribution >= 0.6 is 0 Å². The van der Waals surface area contributed by atoms with E-state index in [0.29, 0.717) is 6.42 Å². The number of anilines is 2. The van der Waals surface area contributed by atoms with E-state index < -0.39 is 0 Å². The molecule has 0 radical (unpaired) electrons. The van der Waals surface area contributed by atoms with Crippen molar-refractivity contribution in [1.29, 1.82) is 0 Å². The second-order valence-corrected chi connectivity index (χ2v) is 5.95. The van der Waals surface area contributed by atoms with E-state index in [1.807, 2.05) is 31.2 Å². The first-order chi connectivity index (χ1) is 11.7. The average molecular weight is 318 g/mol. The molecular weight excluding hydrogens is 296 g/mol. The van der Waals surface area contributed by atoms with E-state index in [1.165, 1.54) is 16.3 Å². The average Bonchev–Trinajstić information content (AvgIpc) is 2.62. The Morgan fingerprint density at radius 2 is 1.58 bits per heavy atom. The summed E-state index contributed by atoms with van der Waals surface area (Å²) in [5, 5.41) is 8.87. The van der Waals surface area contributed by atoms with Crippen LogP contribution in [-0.4, -0.2) is 5.91 Å². The summed E-state index contributed by atoms with van der Waals surface area (Å²) in [6.45, 7) is 3.99. The lowest BCUT2D eigenvalue weighted by Gasteiger charge is -2.17. The van der Waals surface area contributed by atoms with Gasteiger partial charge >= 0.3 is 0 Å². The quantitative estimate of drug-likeness (QED) is 0.665. The predicted molar refractivity (Wildman–Crippen MR) is 101 cm³/mol. The molecule has 1 amide bonds. The van der Waals surface area contributed by atoms with E-state index in [4.69, 9.17) is 0 Å². The molecule has 0 aliphatic heterocycles. The van der Waals surface area contributed by atoms with E-state index in [0.717, 1.165) is 11.4 Å². The van der Waals surface area contributed by atoms with Crippen LogP contribution in [0.4, 0.5) is 11.4 Å². The SMILES string of the molecule is CCC(=O)Nc1ccc(NC(C)c2ccc3ccccc3c2)cc1. The molecule has 3 heteroatoms. The van der Waals surface area contributed by atoms with Gasteiger partial charge in [0.25, 0.3) is 0 Å². The lowest BCUT2D eigenvalue weighted by Crippen LogP contribution is -2.10. The summed E-state index contributed by atoms with van der Waals surface area (Å²) in [4.78, 5) is 11.4. The van der Waals surface area contributed by atoms with Crippen molar-refractivity contribution in [3.05, 3.63) is 72.3 Å². The Morgan fingerprint density at radius 1 is 0.917 bits per heavy atom. The van der Waals surface area contributed by atoms with Gasteiger partial charge in [-0.25, -0.2) is 0 Å². The van der Waals surface area contributed by atoms with Crippen molar-refractivity contribution < 1.29 is 4.79 Å².